The summed E-state index contributed by atoms with van der Waals surface area (Å²) >= 11 is 26.8. The highest BCUT2D eigenvalue weighted by molar-refractivity contribution is 7.84. The predicted octanol–water partition coefficient (Wildman–Crippen LogP) is 14.7. The second kappa shape index (κ2) is 23.3. The van der Waals surface area contributed by atoms with Crippen LogP contribution in [0.3, 0.4) is 0 Å². The molecule has 2 aromatic heterocycles. The van der Waals surface area contributed by atoms with E-state index in [9.17, 15) is 0 Å². The predicted molar refractivity (Wildman–Crippen MR) is 355 cm³/mol. The minimum absolute atomic E-state index is 0.175. The molecule has 16 heteroatoms. The summed E-state index contributed by atoms with van der Waals surface area (Å²) in [6, 6.07) is 55.5. The van der Waals surface area contributed by atoms with Gasteiger partial charge in [-0.2, -0.15) is 0 Å². The average Bonchev–Trinajstić information content (AvgIpc) is 1.16. The smallest absolute Gasteiger partial charge is 0.367 e. The fourth-order valence-corrected chi connectivity index (χ4v) is 15.4. The molecule has 2 atom stereocenters. The SMILES string of the molecule is O=C(OCc1ccccc1)C1(C(=O)OCc2ccccc2)Oc2cc(C=C3C(=S)c4ccccc4C3=S)sc2C2=CC3C=C4C(=CC3C=C21)c1sc(C=C2C(=S)c3ccccc3C2=S)cc1OC4(C(=O)OCc1ccccc1)C(=O)OCc1ccccc1. The highest BCUT2D eigenvalue weighted by Gasteiger charge is 2.63. The zero-order valence-electron chi connectivity index (χ0n) is 46.3. The van der Waals surface area contributed by atoms with Crippen LogP contribution >= 0.6 is 71.5 Å². The van der Waals surface area contributed by atoms with Crippen LogP contribution < -0.4 is 9.47 Å². The van der Waals surface area contributed by atoms with Gasteiger partial charge in [0.2, 0.25) is 0 Å². The van der Waals surface area contributed by atoms with Crippen molar-refractivity contribution in [1.82, 2.24) is 0 Å². The van der Waals surface area contributed by atoms with Crippen molar-refractivity contribution in [2.24, 2.45) is 11.8 Å². The lowest BCUT2D eigenvalue weighted by Crippen LogP contribution is -2.58. The van der Waals surface area contributed by atoms with E-state index in [4.69, 9.17) is 77.3 Å². The van der Waals surface area contributed by atoms with Crippen molar-refractivity contribution < 1.29 is 47.6 Å². The molecule has 0 fully saturated rings. The Kier molecular flexibility index (Phi) is 15.0. The molecule has 6 aromatic carbocycles. The molecule has 0 bridgehead atoms. The van der Waals surface area contributed by atoms with Crippen molar-refractivity contribution in [3.8, 4) is 11.5 Å². The lowest BCUT2D eigenvalue weighted by atomic mass is 9.68. The number of thiophene rings is 2. The highest BCUT2D eigenvalue weighted by atomic mass is 32.1. The molecule has 0 radical (unpaired) electrons. The Morgan fingerprint density at radius 3 is 0.955 bits per heavy atom. The van der Waals surface area contributed by atoms with Crippen molar-refractivity contribution in [3.05, 3.63) is 293 Å². The van der Waals surface area contributed by atoms with Crippen LogP contribution in [0.15, 0.2) is 229 Å². The number of fused-ring (bicyclic) bond motifs is 9. The molecule has 0 saturated carbocycles. The first-order valence-corrected chi connectivity index (χ1v) is 31.3. The normalized spacial score (nSPS) is 17.7. The fourth-order valence-electron chi connectivity index (χ4n) is 11.7. The molecule has 0 N–H and O–H groups in total. The van der Waals surface area contributed by atoms with E-state index >= 15 is 19.2 Å². The number of esters is 4. The first-order chi connectivity index (χ1) is 42.9. The van der Waals surface area contributed by atoms with Crippen LogP contribution in [0.25, 0.3) is 23.3 Å². The van der Waals surface area contributed by atoms with Crippen molar-refractivity contribution in [1.29, 1.82) is 0 Å². The fraction of sp³-hybridized carbons (Fsp3) is 0.111. The van der Waals surface area contributed by atoms with Crippen molar-refractivity contribution in [2.45, 2.75) is 37.6 Å². The largest absolute Gasteiger partial charge is 0.458 e. The number of thiocarbonyl (C=S) groups is 4. The Hall–Kier alpha value is -9.00. The van der Waals surface area contributed by atoms with Gasteiger partial charge in [-0.25, -0.2) is 19.2 Å². The Morgan fingerprint density at radius 1 is 0.398 bits per heavy atom. The molecule has 430 valence electrons. The van der Waals surface area contributed by atoms with Gasteiger partial charge < -0.3 is 28.4 Å². The number of allylic oxidation sites excluding steroid dienone is 6. The van der Waals surface area contributed by atoms with Crippen LogP contribution in [0, 0.1) is 11.8 Å². The summed E-state index contributed by atoms with van der Waals surface area (Å²) in [4.78, 5) is 67.0. The summed E-state index contributed by atoms with van der Waals surface area (Å²) in [5, 5.41) is 0. The van der Waals surface area contributed by atoms with E-state index in [0.29, 0.717) is 83.5 Å². The molecular formula is C72H46O10S6. The summed E-state index contributed by atoms with van der Waals surface area (Å²) in [6.45, 7) is -0.783. The van der Waals surface area contributed by atoms with Gasteiger partial charge >= 0.3 is 35.1 Å². The minimum atomic E-state index is -2.54. The third-order valence-electron chi connectivity index (χ3n) is 16.1. The number of hydrogen-bond acceptors (Lipinski definition) is 16. The van der Waals surface area contributed by atoms with Crippen LogP contribution in [0.5, 0.6) is 11.5 Å². The molecule has 4 heterocycles. The van der Waals surface area contributed by atoms with Gasteiger partial charge in [-0.1, -0.05) is 243 Å². The number of carbonyl (C=O) groups is 4. The molecule has 14 rings (SSSR count). The zero-order valence-corrected chi connectivity index (χ0v) is 51.2. The Morgan fingerprint density at radius 2 is 0.670 bits per heavy atom. The van der Waals surface area contributed by atoms with E-state index in [-0.39, 0.29) is 49.1 Å². The van der Waals surface area contributed by atoms with Crippen LogP contribution in [0.2, 0.25) is 0 Å². The van der Waals surface area contributed by atoms with Gasteiger partial charge in [-0.3, -0.25) is 0 Å². The van der Waals surface area contributed by atoms with Crippen LogP contribution in [0.4, 0.5) is 0 Å². The quantitative estimate of drug-likeness (QED) is 0.0337. The van der Waals surface area contributed by atoms with Crippen molar-refractivity contribution >= 4 is 138 Å². The average molecular weight is 1260 g/mol. The van der Waals surface area contributed by atoms with Crippen molar-refractivity contribution in [3.63, 3.8) is 0 Å². The molecule has 2 aliphatic heterocycles. The third-order valence-corrected chi connectivity index (χ3v) is 20.0. The number of benzene rings is 6. The maximum absolute atomic E-state index is 15.6. The first kappa shape index (κ1) is 56.8. The summed E-state index contributed by atoms with van der Waals surface area (Å²) in [6.07, 6.45) is 11.3. The summed E-state index contributed by atoms with van der Waals surface area (Å²) in [5.41, 5.74) is 3.61. The zero-order chi connectivity index (χ0) is 60.3. The van der Waals surface area contributed by atoms with Gasteiger partial charge in [-0.05, 0) is 46.5 Å². The van der Waals surface area contributed by atoms with E-state index in [1.54, 1.807) is 12.1 Å². The molecule has 88 heavy (non-hydrogen) atoms. The maximum Gasteiger partial charge on any atom is 0.367 e. The van der Waals surface area contributed by atoms with E-state index in [0.717, 1.165) is 22.3 Å². The van der Waals surface area contributed by atoms with Gasteiger partial charge in [0.15, 0.2) is 0 Å². The van der Waals surface area contributed by atoms with E-state index in [1.807, 2.05) is 206 Å². The van der Waals surface area contributed by atoms with E-state index < -0.39 is 46.9 Å². The van der Waals surface area contributed by atoms with Crippen LogP contribution in [-0.4, -0.2) is 54.5 Å². The van der Waals surface area contributed by atoms with Crippen molar-refractivity contribution in [2.75, 3.05) is 0 Å². The van der Waals surface area contributed by atoms with E-state index in [2.05, 4.69) is 0 Å². The molecule has 0 spiro atoms. The van der Waals surface area contributed by atoms with Gasteiger partial charge in [0.05, 0.1) is 29.2 Å². The second-order valence-electron chi connectivity index (χ2n) is 21.5. The second-order valence-corrected chi connectivity index (χ2v) is 25.3. The van der Waals surface area contributed by atoms with Crippen LogP contribution in [0.1, 0.15) is 64.0 Å². The Labute approximate surface area is 535 Å². The molecular weight excluding hydrogens is 1220 g/mol. The molecule has 4 aliphatic carbocycles. The summed E-state index contributed by atoms with van der Waals surface area (Å²) in [5.74, 6) is -5.02. The number of ether oxygens (including phenoxy) is 6. The van der Waals surface area contributed by atoms with Gasteiger partial charge in [0.25, 0.3) is 0 Å². The minimum Gasteiger partial charge on any atom is -0.458 e. The molecule has 10 nitrogen and oxygen atoms in total. The lowest BCUT2D eigenvalue weighted by molar-refractivity contribution is -0.179. The van der Waals surface area contributed by atoms with Crippen LogP contribution in [-0.2, 0) is 64.6 Å². The number of rotatable bonds is 14. The first-order valence-electron chi connectivity index (χ1n) is 28.1. The van der Waals surface area contributed by atoms with E-state index in [1.165, 1.54) is 22.7 Å². The number of carbonyl (C=O) groups excluding carboxylic acids is 4. The summed E-state index contributed by atoms with van der Waals surface area (Å²) in [7, 11) is 0. The molecule has 8 aromatic rings. The third kappa shape index (κ3) is 9.99. The number of hydrogen-bond donors (Lipinski definition) is 0. The van der Waals surface area contributed by atoms with Gasteiger partial charge in [0.1, 0.15) is 37.9 Å². The Bertz CT molecular complexity index is 4040. The molecule has 6 aliphatic rings. The molecule has 2 unspecified atom stereocenters. The van der Waals surface area contributed by atoms with Gasteiger partial charge in [-0.15, -0.1) is 22.7 Å². The molecule has 0 amide bonds. The highest BCUT2D eigenvalue weighted by Crippen LogP contribution is 2.58. The monoisotopic (exact) mass is 1260 g/mol. The summed E-state index contributed by atoms with van der Waals surface area (Å²) < 4.78 is 38.7. The topological polar surface area (TPSA) is 124 Å². The standard InChI is InChI=1S/C72H46O10S6/c73-67(77-37-41-17-5-1-6-18-41)71(68(74)78-38-42-19-7-2-8-20-42)57-31-45-30-54-58(32-46(45)29-53(57)65-59(81-71)35-47(87-65)33-55-61(83)49-25-13-14-26-50(49)62(55)84)72(69(75)79-39-43-21-9-3-10-22-43,70(76)80-40-44-23-11-4-12-24-44)82-60-36-48(88-66(54)60)34-56-63(85)51-27-15-16-28-52(51)64(56)86/h1-36,45-46H,37-40H2. The lowest BCUT2D eigenvalue weighted by Gasteiger charge is -2.42. The molecule has 0 saturated heterocycles. The Balaban J connectivity index is 0.953. The maximum atomic E-state index is 15.6. The van der Waals surface area contributed by atoms with Gasteiger partial charge in [0, 0.05) is 77.3 Å².